The quantitative estimate of drug-likeness (QED) is 0.0232. The highest BCUT2D eigenvalue weighted by atomic mass is 32.2. The zero-order chi connectivity index (χ0) is 51.9. The number of phosphoric ester groups is 2. The van der Waals surface area contributed by atoms with Crippen molar-refractivity contribution >= 4 is 59.3 Å². The van der Waals surface area contributed by atoms with Gasteiger partial charge in [-0.25, -0.2) is 35.6 Å². The molecule has 0 saturated carbocycles. The predicted octanol–water partition coefficient (Wildman–Crippen LogP) is 4.48. The Kier molecular flexibility index (Phi) is 21.4. The van der Waals surface area contributed by atoms with Crippen LogP contribution in [0.5, 0.6) is 0 Å². The molecule has 4 aromatic carbocycles. The Morgan fingerprint density at radius 2 is 0.857 bits per heavy atom. The lowest BCUT2D eigenvalue weighted by molar-refractivity contribution is 0.0634. The van der Waals surface area contributed by atoms with Gasteiger partial charge in [0.25, 0.3) is 0 Å². The number of benzene rings is 4. The van der Waals surface area contributed by atoms with Crippen molar-refractivity contribution in [3.05, 3.63) is 120 Å². The second kappa shape index (κ2) is 26.0. The minimum Gasteiger partial charge on any atom is -0.446 e. The molecule has 22 nitrogen and oxygen atoms in total. The molecular formula is C44H62N6O16P2S2. The van der Waals surface area contributed by atoms with E-state index in [0.717, 1.165) is 8.61 Å². The number of amides is 2. The summed E-state index contributed by atoms with van der Waals surface area (Å²) in [6, 6.07) is 24.8. The average molecular weight is 1060 g/mol. The Balaban J connectivity index is 1.55. The highest BCUT2D eigenvalue weighted by Gasteiger charge is 2.39. The van der Waals surface area contributed by atoms with E-state index < -0.39 is 98.5 Å². The molecule has 0 saturated heterocycles. The monoisotopic (exact) mass is 1060 g/mol. The fourth-order valence-corrected chi connectivity index (χ4v) is 11.5. The fourth-order valence-electron chi connectivity index (χ4n) is 7.10. The van der Waals surface area contributed by atoms with Crippen LogP contribution in [0.25, 0.3) is 0 Å². The first-order valence-corrected chi connectivity index (χ1v) is 27.8. The van der Waals surface area contributed by atoms with Gasteiger partial charge in [0.1, 0.15) is 25.4 Å². The molecule has 0 spiro atoms. The van der Waals surface area contributed by atoms with E-state index >= 15 is 0 Å². The van der Waals surface area contributed by atoms with Crippen LogP contribution in [0.1, 0.15) is 38.8 Å². The molecule has 26 heteroatoms. The predicted molar refractivity (Wildman–Crippen MR) is 260 cm³/mol. The maximum atomic E-state index is 14.0. The molecule has 4 rings (SSSR count). The van der Waals surface area contributed by atoms with E-state index in [2.05, 4.69) is 10.6 Å². The number of alkyl carbamates (subject to hydrolysis) is 2. The number of carbonyl (C=O) groups excluding carboxylic acids is 2. The molecule has 70 heavy (non-hydrogen) atoms. The molecule has 4 aromatic rings. The number of nitrogens with one attached hydrogen (secondary N) is 2. The lowest BCUT2D eigenvalue weighted by Gasteiger charge is -2.33. The van der Waals surface area contributed by atoms with Gasteiger partial charge in [-0.15, -0.1) is 0 Å². The van der Waals surface area contributed by atoms with Crippen molar-refractivity contribution < 1.29 is 73.6 Å². The third-order valence-electron chi connectivity index (χ3n) is 10.1. The van der Waals surface area contributed by atoms with Crippen molar-refractivity contribution in [3.63, 3.8) is 0 Å². The van der Waals surface area contributed by atoms with Crippen LogP contribution in [0.4, 0.5) is 21.0 Å². The summed E-state index contributed by atoms with van der Waals surface area (Å²) in [4.78, 5) is 66.7. The van der Waals surface area contributed by atoms with Crippen LogP contribution in [-0.2, 0) is 60.5 Å². The number of rotatable bonds is 27. The highest BCUT2D eigenvalue weighted by molar-refractivity contribution is 7.89. The Morgan fingerprint density at radius 3 is 1.14 bits per heavy atom. The Morgan fingerprint density at radius 1 is 0.543 bits per heavy atom. The first kappa shape index (κ1) is 57.6. The minimum absolute atomic E-state index is 0.118. The first-order chi connectivity index (χ1) is 32.7. The number of anilines is 2. The molecule has 0 aromatic heterocycles. The topological polar surface area (TPSA) is 337 Å². The summed E-state index contributed by atoms with van der Waals surface area (Å²) >= 11 is 0. The first-order valence-electron chi connectivity index (χ1n) is 21.9. The number of carbonyl (C=O) groups is 2. The molecule has 0 heterocycles. The molecule has 0 aliphatic carbocycles. The Bertz CT molecular complexity index is 2430. The van der Waals surface area contributed by atoms with E-state index in [4.69, 9.17) is 30.0 Å². The van der Waals surface area contributed by atoms with Gasteiger partial charge in [-0.05, 0) is 84.3 Å². The summed E-state index contributed by atoms with van der Waals surface area (Å²) in [5.74, 6) is -0.563. The van der Waals surface area contributed by atoms with Gasteiger partial charge in [-0.3, -0.25) is 9.05 Å². The van der Waals surface area contributed by atoms with Crippen molar-refractivity contribution in [2.24, 2.45) is 11.8 Å². The SMILES string of the molecule is CC(C)CN(C[C@@H](OP(=O)(O)O)[C@H](Cc1ccccc1)NC(=O)OCCOC(=O)N[C@@H](Cc1ccccc1)[C@@H](CN(CC(C)C)S(=O)(=O)c1ccc(N)cc1)OP(=O)(O)O)S(=O)(=O)c1ccc(N)cc1. The number of phosphoric acid groups is 2. The van der Waals surface area contributed by atoms with Gasteiger partial charge < -0.3 is 51.1 Å². The van der Waals surface area contributed by atoms with E-state index in [1.165, 1.54) is 48.5 Å². The summed E-state index contributed by atoms with van der Waals surface area (Å²) in [7, 11) is -19.4. The molecule has 0 fully saturated rings. The summed E-state index contributed by atoms with van der Waals surface area (Å²) in [6.07, 6.45) is -5.97. The second-order valence-corrected chi connectivity index (χ2v) is 23.3. The van der Waals surface area contributed by atoms with Gasteiger partial charge in [0, 0.05) is 37.6 Å². The van der Waals surface area contributed by atoms with E-state index in [9.17, 15) is 55.1 Å². The largest absolute Gasteiger partial charge is 0.469 e. The molecule has 2 amide bonds. The molecule has 10 N–H and O–H groups in total. The maximum Gasteiger partial charge on any atom is 0.469 e. The van der Waals surface area contributed by atoms with Gasteiger partial charge in [0.2, 0.25) is 20.0 Å². The van der Waals surface area contributed by atoms with Gasteiger partial charge in [-0.1, -0.05) is 88.4 Å². The van der Waals surface area contributed by atoms with E-state index in [0.29, 0.717) is 22.5 Å². The van der Waals surface area contributed by atoms with Crippen LogP contribution in [0.3, 0.4) is 0 Å². The number of hydrogen-bond acceptors (Lipinski definition) is 14. The molecule has 0 aliphatic heterocycles. The molecule has 0 radical (unpaired) electrons. The summed E-state index contributed by atoms with van der Waals surface area (Å²) in [5, 5.41) is 5.03. The van der Waals surface area contributed by atoms with Crippen molar-refractivity contribution in [2.45, 2.75) is 74.6 Å². The van der Waals surface area contributed by atoms with E-state index in [-0.39, 0.29) is 47.6 Å². The van der Waals surface area contributed by atoms with Crippen LogP contribution in [-0.4, -0.2) is 121 Å². The third-order valence-corrected chi connectivity index (χ3v) is 14.9. The van der Waals surface area contributed by atoms with Crippen LogP contribution >= 0.6 is 15.6 Å². The van der Waals surface area contributed by atoms with Crippen LogP contribution in [0.15, 0.2) is 119 Å². The molecule has 0 aliphatic rings. The summed E-state index contributed by atoms with van der Waals surface area (Å²) in [5.41, 5.74) is 13.3. The second-order valence-electron chi connectivity index (χ2n) is 17.0. The minimum atomic E-state index is -5.36. The highest BCUT2D eigenvalue weighted by Crippen LogP contribution is 2.40. The number of hydrogen-bond donors (Lipinski definition) is 8. The van der Waals surface area contributed by atoms with E-state index in [1.54, 1.807) is 88.4 Å². The normalized spacial score (nSPS) is 14.3. The van der Waals surface area contributed by atoms with Gasteiger partial charge >= 0.3 is 27.8 Å². The zero-order valence-electron chi connectivity index (χ0n) is 39.0. The van der Waals surface area contributed by atoms with Crippen molar-refractivity contribution in [2.75, 3.05) is 50.9 Å². The standard InChI is InChI=1S/C44H62N6O16P2S2/c1-31(2)27-49(69(59,60)37-19-15-35(45)16-20-37)29-41(65-67(53,54)55)39(25-33-11-7-5-8-12-33)47-43(51)63-23-24-64-44(52)48-40(26-34-13-9-6-10-14-34)42(66-68(56,57)58)30-50(28-32(3)4)70(61,62)38-21-17-36(46)18-22-38/h5-22,31-32,39-42H,23-30,45-46H2,1-4H3,(H,47,51)(H,48,52)(H2,53,54,55)(H2,56,57,58)/t39-,40-,41+,42+/m0/s1. The Hall–Kier alpha value is -4.94. The average Bonchev–Trinajstić information content (AvgIpc) is 3.26. The molecular weight excluding hydrogens is 995 g/mol. The van der Waals surface area contributed by atoms with Crippen LogP contribution < -0.4 is 22.1 Å². The molecule has 0 bridgehead atoms. The van der Waals surface area contributed by atoms with Gasteiger partial charge in [0.15, 0.2) is 0 Å². The third kappa shape index (κ3) is 19.3. The van der Waals surface area contributed by atoms with Crippen LogP contribution in [0, 0.1) is 11.8 Å². The lowest BCUT2D eigenvalue weighted by atomic mass is 10.0. The molecule has 0 unspecified atom stereocenters. The summed E-state index contributed by atoms with van der Waals surface area (Å²) in [6.45, 7) is 4.20. The fraction of sp³-hybridized carbons (Fsp3) is 0.409. The summed E-state index contributed by atoms with van der Waals surface area (Å²) < 4.78 is 104. The number of nitrogens with two attached hydrogens (primary N) is 2. The van der Waals surface area contributed by atoms with Crippen LogP contribution in [0.2, 0.25) is 0 Å². The lowest BCUT2D eigenvalue weighted by Crippen LogP contribution is -2.52. The molecule has 386 valence electrons. The number of ether oxygens (including phenoxy) is 2. The van der Waals surface area contributed by atoms with Crippen molar-refractivity contribution in [1.29, 1.82) is 0 Å². The van der Waals surface area contributed by atoms with Gasteiger partial charge in [0.05, 0.1) is 21.9 Å². The Labute approximate surface area is 408 Å². The zero-order valence-corrected chi connectivity index (χ0v) is 42.4. The van der Waals surface area contributed by atoms with Crippen molar-refractivity contribution in [3.8, 4) is 0 Å². The van der Waals surface area contributed by atoms with Gasteiger partial charge in [-0.2, -0.15) is 8.61 Å². The van der Waals surface area contributed by atoms with E-state index in [1.807, 2.05) is 0 Å². The van der Waals surface area contributed by atoms with Crippen molar-refractivity contribution in [1.82, 2.24) is 19.2 Å². The molecule has 4 atom stereocenters. The number of nitrogen functional groups attached to an aromatic ring is 2. The number of sulfonamides is 2. The smallest absolute Gasteiger partial charge is 0.446 e. The maximum absolute atomic E-state index is 14.0. The number of nitrogens with zero attached hydrogens (tertiary/aromatic N) is 2.